The third-order valence-corrected chi connectivity index (χ3v) is 6.03. The van der Waals surface area contributed by atoms with E-state index in [0.717, 1.165) is 33.5 Å². The quantitative estimate of drug-likeness (QED) is 0.353. The van der Waals surface area contributed by atoms with Crippen LogP contribution >= 0.6 is 23.4 Å². The first kappa shape index (κ1) is 20.4. The van der Waals surface area contributed by atoms with E-state index >= 15 is 0 Å². The molecule has 0 bridgehead atoms. The predicted octanol–water partition coefficient (Wildman–Crippen LogP) is 6.35. The van der Waals surface area contributed by atoms with Crippen LogP contribution in [0.5, 0.6) is 0 Å². The van der Waals surface area contributed by atoms with Gasteiger partial charge in [0.1, 0.15) is 11.6 Å². The highest BCUT2D eigenvalue weighted by Crippen LogP contribution is 2.31. The summed E-state index contributed by atoms with van der Waals surface area (Å²) in [6.45, 7) is 0.605. The molecule has 0 unspecified atom stereocenters. The second-order valence-electron chi connectivity index (χ2n) is 6.69. The molecule has 1 heterocycles. The molecule has 1 amide bonds. The molecule has 4 aromatic rings. The van der Waals surface area contributed by atoms with Gasteiger partial charge >= 0.3 is 0 Å². The molecule has 4 rings (SSSR count). The molecule has 0 aliphatic heterocycles. The van der Waals surface area contributed by atoms with Crippen molar-refractivity contribution >= 4 is 45.9 Å². The zero-order chi connectivity index (χ0) is 21.1. The van der Waals surface area contributed by atoms with Gasteiger partial charge in [-0.25, -0.2) is 8.78 Å². The number of halogens is 3. The van der Waals surface area contributed by atoms with Gasteiger partial charge in [0.2, 0.25) is 5.91 Å². The number of nitrogens with one attached hydrogen (secondary N) is 1. The third-order valence-electron chi connectivity index (χ3n) is 4.61. The van der Waals surface area contributed by atoms with Crippen molar-refractivity contribution < 1.29 is 13.6 Å². The lowest BCUT2D eigenvalue weighted by Gasteiger charge is -2.07. The van der Waals surface area contributed by atoms with E-state index in [1.807, 2.05) is 54.7 Å². The Morgan fingerprint density at radius 1 is 1.03 bits per heavy atom. The summed E-state index contributed by atoms with van der Waals surface area (Å²) in [5.74, 6) is -1.76. The Morgan fingerprint density at radius 2 is 1.80 bits per heavy atom. The van der Waals surface area contributed by atoms with Crippen LogP contribution in [-0.2, 0) is 11.3 Å². The molecule has 0 atom stereocenters. The second-order valence-corrected chi connectivity index (χ2v) is 8.12. The molecule has 30 heavy (non-hydrogen) atoms. The van der Waals surface area contributed by atoms with Gasteiger partial charge in [-0.3, -0.25) is 4.79 Å². The number of rotatable bonds is 6. The number of hydrogen-bond donors (Lipinski definition) is 1. The molecule has 1 aromatic heterocycles. The Morgan fingerprint density at radius 3 is 2.60 bits per heavy atom. The first-order valence-corrected chi connectivity index (χ1v) is 10.6. The highest BCUT2D eigenvalue weighted by Gasteiger charge is 2.13. The van der Waals surface area contributed by atoms with Crippen molar-refractivity contribution in [2.45, 2.75) is 11.4 Å². The number of aromatic nitrogens is 1. The maximum atomic E-state index is 13.7. The topological polar surface area (TPSA) is 34.0 Å². The van der Waals surface area contributed by atoms with Gasteiger partial charge in [0.05, 0.1) is 11.4 Å². The Kier molecular flexibility index (Phi) is 6.06. The van der Waals surface area contributed by atoms with Crippen LogP contribution in [0, 0.1) is 11.6 Å². The molecular formula is C23H17ClF2N2OS. The molecule has 3 nitrogen and oxygen atoms in total. The Labute approximate surface area is 181 Å². The number of amides is 1. The van der Waals surface area contributed by atoms with Gasteiger partial charge < -0.3 is 9.88 Å². The predicted molar refractivity (Wildman–Crippen MR) is 118 cm³/mol. The highest BCUT2D eigenvalue weighted by molar-refractivity contribution is 8.00. The van der Waals surface area contributed by atoms with Crippen molar-refractivity contribution in [1.82, 2.24) is 4.57 Å². The van der Waals surface area contributed by atoms with Gasteiger partial charge in [0.15, 0.2) is 0 Å². The summed E-state index contributed by atoms with van der Waals surface area (Å²) in [7, 11) is 0. The smallest absolute Gasteiger partial charge is 0.234 e. The number of carbonyl (C=O) groups excluding carboxylic acids is 1. The second kappa shape index (κ2) is 8.90. The number of para-hydroxylation sites is 1. The number of nitrogens with zero attached hydrogens (tertiary/aromatic N) is 1. The first-order chi connectivity index (χ1) is 14.5. The van der Waals surface area contributed by atoms with Crippen LogP contribution in [0.3, 0.4) is 0 Å². The van der Waals surface area contributed by atoms with Crippen LogP contribution in [0.2, 0.25) is 5.02 Å². The van der Waals surface area contributed by atoms with Gasteiger partial charge in [-0.2, -0.15) is 0 Å². The Bertz CT molecular complexity index is 1230. The molecule has 7 heteroatoms. The summed E-state index contributed by atoms with van der Waals surface area (Å²) in [6.07, 6.45) is 1.99. The number of thioether (sulfide) groups is 1. The van der Waals surface area contributed by atoms with Crippen LogP contribution in [0.25, 0.3) is 10.9 Å². The molecule has 0 aliphatic rings. The average Bonchev–Trinajstić information content (AvgIpc) is 3.08. The standard InChI is InChI=1S/C23H17ClF2N2OS/c24-18-7-3-1-5-15(18)12-28-13-22(17-6-2-4-8-21(17)28)30-14-23(29)27-20-10-9-16(25)11-19(20)26/h1-11,13H,12,14H2,(H,27,29). The fourth-order valence-corrected chi connectivity index (χ4v) is 4.27. The van der Waals surface area contributed by atoms with E-state index in [9.17, 15) is 13.6 Å². The van der Waals surface area contributed by atoms with E-state index in [4.69, 9.17) is 11.6 Å². The summed E-state index contributed by atoms with van der Waals surface area (Å²) < 4.78 is 28.9. The summed E-state index contributed by atoms with van der Waals surface area (Å²) in [4.78, 5) is 13.2. The molecule has 0 spiro atoms. The number of fused-ring (bicyclic) bond motifs is 1. The van der Waals surface area contributed by atoms with E-state index in [1.54, 1.807) is 0 Å². The van der Waals surface area contributed by atoms with Crippen LogP contribution in [0.15, 0.2) is 77.8 Å². The third kappa shape index (κ3) is 4.50. The van der Waals surface area contributed by atoms with Crippen molar-refractivity contribution in [3.8, 4) is 0 Å². The molecule has 0 aliphatic carbocycles. The molecule has 0 fully saturated rings. The lowest BCUT2D eigenvalue weighted by Crippen LogP contribution is -2.15. The molecule has 0 radical (unpaired) electrons. The monoisotopic (exact) mass is 442 g/mol. The normalized spacial score (nSPS) is 11.0. The summed E-state index contributed by atoms with van der Waals surface area (Å²) in [5.41, 5.74) is 1.99. The maximum absolute atomic E-state index is 13.7. The van der Waals surface area contributed by atoms with E-state index in [1.165, 1.54) is 17.8 Å². The van der Waals surface area contributed by atoms with E-state index in [0.29, 0.717) is 11.6 Å². The molecule has 152 valence electrons. The average molecular weight is 443 g/mol. The van der Waals surface area contributed by atoms with Gasteiger partial charge in [-0.1, -0.05) is 48.0 Å². The fraction of sp³-hybridized carbons (Fsp3) is 0.0870. The largest absolute Gasteiger partial charge is 0.342 e. The molecule has 1 N–H and O–H groups in total. The molecule has 0 saturated heterocycles. The first-order valence-electron chi connectivity index (χ1n) is 9.20. The SMILES string of the molecule is O=C(CSc1cn(Cc2ccccc2Cl)c2ccccc12)Nc1ccc(F)cc1F. The van der Waals surface area contributed by atoms with Crippen LogP contribution < -0.4 is 5.32 Å². The highest BCUT2D eigenvalue weighted by atomic mass is 35.5. The van der Waals surface area contributed by atoms with E-state index < -0.39 is 11.6 Å². The number of carbonyl (C=O) groups is 1. The summed E-state index contributed by atoms with van der Waals surface area (Å²) in [5, 5.41) is 4.21. The molecule has 3 aromatic carbocycles. The van der Waals surface area contributed by atoms with Crippen molar-refractivity contribution in [2.24, 2.45) is 0 Å². The van der Waals surface area contributed by atoms with Gasteiger partial charge in [-0.05, 0) is 29.8 Å². The van der Waals surface area contributed by atoms with E-state index in [-0.39, 0.29) is 17.3 Å². The zero-order valence-electron chi connectivity index (χ0n) is 15.7. The minimum absolute atomic E-state index is 0.0388. The van der Waals surface area contributed by atoms with Crippen molar-refractivity contribution in [1.29, 1.82) is 0 Å². The molecular weight excluding hydrogens is 426 g/mol. The molecule has 0 saturated carbocycles. The van der Waals surface area contributed by atoms with Gasteiger partial charge in [-0.15, -0.1) is 11.8 Å². The van der Waals surface area contributed by atoms with Crippen molar-refractivity contribution in [3.63, 3.8) is 0 Å². The lowest BCUT2D eigenvalue weighted by atomic mass is 10.2. The summed E-state index contributed by atoms with van der Waals surface area (Å²) >= 11 is 7.67. The van der Waals surface area contributed by atoms with Crippen LogP contribution in [-0.4, -0.2) is 16.2 Å². The van der Waals surface area contributed by atoms with Gasteiger partial charge in [0.25, 0.3) is 0 Å². The minimum atomic E-state index is -0.801. The fourth-order valence-electron chi connectivity index (χ4n) is 3.19. The van der Waals surface area contributed by atoms with Crippen molar-refractivity contribution in [3.05, 3.63) is 95.1 Å². The van der Waals surface area contributed by atoms with E-state index in [2.05, 4.69) is 9.88 Å². The zero-order valence-corrected chi connectivity index (χ0v) is 17.3. The van der Waals surface area contributed by atoms with Crippen LogP contribution in [0.1, 0.15) is 5.56 Å². The minimum Gasteiger partial charge on any atom is -0.342 e. The lowest BCUT2D eigenvalue weighted by molar-refractivity contribution is -0.113. The maximum Gasteiger partial charge on any atom is 0.234 e. The number of hydrogen-bond acceptors (Lipinski definition) is 2. The Balaban J connectivity index is 1.51. The number of anilines is 1. The Hall–Kier alpha value is -2.83. The number of benzene rings is 3. The van der Waals surface area contributed by atoms with Crippen LogP contribution in [0.4, 0.5) is 14.5 Å². The summed E-state index contributed by atoms with van der Waals surface area (Å²) in [6, 6.07) is 18.7. The van der Waals surface area contributed by atoms with Gasteiger partial charge in [0, 0.05) is 39.6 Å². The van der Waals surface area contributed by atoms with Crippen molar-refractivity contribution in [2.75, 3.05) is 11.1 Å².